The van der Waals surface area contributed by atoms with Gasteiger partial charge in [-0.3, -0.25) is 9.69 Å². The number of nitrogens with zero attached hydrogens (tertiary/aromatic N) is 2. The Balaban J connectivity index is 1.69. The average Bonchev–Trinajstić information content (AvgIpc) is 2.54. The van der Waals surface area contributed by atoms with Crippen molar-refractivity contribution >= 4 is 5.91 Å². The molecule has 0 aromatic heterocycles. The van der Waals surface area contributed by atoms with E-state index in [4.69, 9.17) is 0 Å². The molecule has 0 unspecified atom stereocenters. The number of amides is 1. The number of likely N-dealkylation sites (N-methyl/N-ethyl adjacent to an activating group) is 1. The Morgan fingerprint density at radius 2 is 1.81 bits per heavy atom. The van der Waals surface area contributed by atoms with Crippen molar-refractivity contribution < 1.29 is 4.79 Å². The van der Waals surface area contributed by atoms with Crippen LogP contribution in [0.25, 0.3) is 0 Å². The highest BCUT2D eigenvalue weighted by Gasteiger charge is 2.26. The molecule has 4 heteroatoms. The van der Waals surface area contributed by atoms with Crippen LogP contribution < -0.4 is 5.32 Å². The largest absolute Gasteiger partial charge is 0.342 e. The first kappa shape index (κ1) is 16.8. The molecule has 21 heavy (non-hydrogen) atoms. The highest BCUT2D eigenvalue weighted by Crippen LogP contribution is 2.22. The summed E-state index contributed by atoms with van der Waals surface area (Å²) < 4.78 is 0. The molecule has 1 aliphatic carbocycles. The van der Waals surface area contributed by atoms with E-state index in [2.05, 4.69) is 29.1 Å². The molecule has 1 aliphatic heterocycles. The van der Waals surface area contributed by atoms with E-state index in [0.29, 0.717) is 24.5 Å². The SMILES string of the molecule is CCCNC1CCC(N(C)CC(=O)N2CCCCC2)CC1. The van der Waals surface area contributed by atoms with Gasteiger partial charge in [0.25, 0.3) is 0 Å². The zero-order valence-electron chi connectivity index (χ0n) is 13.9. The number of hydrogen-bond acceptors (Lipinski definition) is 3. The average molecular weight is 295 g/mol. The maximum absolute atomic E-state index is 12.3. The lowest BCUT2D eigenvalue weighted by molar-refractivity contribution is -0.133. The molecule has 4 nitrogen and oxygen atoms in total. The van der Waals surface area contributed by atoms with Gasteiger partial charge in [0, 0.05) is 25.2 Å². The van der Waals surface area contributed by atoms with Crippen LogP contribution in [-0.2, 0) is 4.79 Å². The van der Waals surface area contributed by atoms with Gasteiger partial charge in [-0.2, -0.15) is 0 Å². The van der Waals surface area contributed by atoms with E-state index < -0.39 is 0 Å². The van der Waals surface area contributed by atoms with Crippen molar-refractivity contribution in [1.29, 1.82) is 0 Å². The normalized spacial score (nSPS) is 27.1. The van der Waals surface area contributed by atoms with Gasteiger partial charge in [-0.15, -0.1) is 0 Å². The third kappa shape index (κ3) is 5.26. The molecular formula is C17H33N3O. The predicted molar refractivity (Wildman–Crippen MR) is 87.4 cm³/mol. The number of hydrogen-bond donors (Lipinski definition) is 1. The summed E-state index contributed by atoms with van der Waals surface area (Å²) in [6, 6.07) is 1.30. The second-order valence-corrected chi connectivity index (χ2v) is 6.82. The fourth-order valence-corrected chi connectivity index (χ4v) is 3.65. The van der Waals surface area contributed by atoms with Crippen LogP contribution in [0.3, 0.4) is 0 Å². The first-order valence-corrected chi connectivity index (χ1v) is 8.92. The van der Waals surface area contributed by atoms with Gasteiger partial charge in [-0.05, 0) is 65.0 Å². The molecule has 0 aromatic rings. The Morgan fingerprint density at radius 1 is 1.14 bits per heavy atom. The smallest absolute Gasteiger partial charge is 0.236 e. The van der Waals surface area contributed by atoms with Crippen molar-refractivity contribution in [3.8, 4) is 0 Å². The molecule has 0 atom stereocenters. The van der Waals surface area contributed by atoms with Gasteiger partial charge in [0.2, 0.25) is 5.91 Å². The minimum atomic E-state index is 0.337. The summed E-state index contributed by atoms with van der Waals surface area (Å²) in [6.07, 6.45) is 9.84. The van der Waals surface area contributed by atoms with Crippen molar-refractivity contribution in [3.05, 3.63) is 0 Å². The van der Waals surface area contributed by atoms with Crippen LogP contribution in [0.4, 0.5) is 0 Å². The van der Waals surface area contributed by atoms with Crippen LogP contribution in [0, 0.1) is 0 Å². The highest BCUT2D eigenvalue weighted by atomic mass is 16.2. The van der Waals surface area contributed by atoms with E-state index in [1.54, 1.807) is 0 Å². The summed E-state index contributed by atoms with van der Waals surface area (Å²) in [5.74, 6) is 0.337. The van der Waals surface area contributed by atoms with Gasteiger partial charge >= 0.3 is 0 Å². The quantitative estimate of drug-likeness (QED) is 0.816. The van der Waals surface area contributed by atoms with Crippen LogP contribution in [0.15, 0.2) is 0 Å². The molecule has 2 rings (SSSR count). The van der Waals surface area contributed by atoms with E-state index >= 15 is 0 Å². The molecule has 2 fully saturated rings. The predicted octanol–water partition coefficient (Wildman–Crippen LogP) is 2.24. The molecule has 2 aliphatic rings. The number of likely N-dealkylation sites (tertiary alicyclic amines) is 1. The summed E-state index contributed by atoms with van der Waals surface area (Å²) in [4.78, 5) is 16.7. The van der Waals surface area contributed by atoms with Crippen molar-refractivity contribution in [1.82, 2.24) is 15.1 Å². The van der Waals surface area contributed by atoms with Crippen LogP contribution in [0.5, 0.6) is 0 Å². The molecule has 1 saturated heterocycles. The standard InChI is InChI=1S/C17H33N3O/c1-3-11-18-15-7-9-16(10-8-15)19(2)14-17(21)20-12-5-4-6-13-20/h15-16,18H,3-14H2,1-2H3. The Labute approximate surface area is 130 Å². The topological polar surface area (TPSA) is 35.6 Å². The molecule has 1 amide bonds. The van der Waals surface area contributed by atoms with E-state index in [-0.39, 0.29) is 0 Å². The van der Waals surface area contributed by atoms with E-state index in [1.165, 1.54) is 51.4 Å². The van der Waals surface area contributed by atoms with Gasteiger partial charge in [0.05, 0.1) is 6.54 Å². The molecule has 0 aromatic carbocycles. The van der Waals surface area contributed by atoms with Crippen LogP contribution in [-0.4, -0.2) is 61.0 Å². The van der Waals surface area contributed by atoms with E-state index in [0.717, 1.165) is 19.6 Å². The first-order chi connectivity index (χ1) is 10.2. The number of rotatable bonds is 6. The number of piperidine rings is 1. The number of carbonyl (C=O) groups is 1. The summed E-state index contributed by atoms with van der Waals surface area (Å²) in [5, 5.41) is 3.63. The fourth-order valence-electron chi connectivity index (χ4n) is 3.65. The van der Waals surface area contributed by atoms with Gasteiger partial charge in [0.1, 0.15) is 0 Å². The summed E-state index contributed by atoms with van der Waals surface area (Å²) in [5.41, 5.74) is 0. The monoisotopic (exact) mass is 295 g/mol. The molecule has 0 spiro atoms. The molecule has 1 heterocycles. The third-order valence-corrected chi connectivity index (χ3v) is 5.10. The van der Waals surface area contributed by atoms with Gasteiger partial charge < -0.3 is 10.2 Å². The Bertz CT molecular complexity index is 307. The zero-order valence-corrected chi connectivity index (χ0v) is 13.9. The molecule has 0 radical (unpaired) electrons. The van der Waals surface area contributed by atoms with Crippen LogP contribution >= 0.6 is 0 Å². The highest BCUT2D eigenvalue weighted by molar-refractivity contribution is 5.78. The maximum atomic E-state index is 12.3. The lowest BCUT2D eigenvalue weighted by atomic mass is 9.90. The second-order valence-electron chi connectivity index (χ2n) is 6.82. The summed E-state index contributed by atoms with van der Waals surface area (Å²) in [6.45, 7) is 5.91. The van der Waals surface area contributed by atoms with Crippen LogP contribution in [0.1, 0.15) is 58.3 Å². The molecule has 122 valence electrons. The fraction of sp³-hybridized carbons (Fsp3) is 0.941. The number of nitrogens with one attached hydrogen (secondary N) is 1. The molecular weight excluding hydrogens is 262 g/mol. The van der Waals surface area contributed by atoms with Crippen LogP contribution in [0.2, 0.25) is 0 Å². The lowest BCUT2D eigenvalue weighted by Crippen LogP contribution is -2.46. The first-order valence-electron chi connectivity index (χ1n) is 8.92. The van der Waals surface area contributed by atoms with Gasteiger partial charge in [-0.25, -0.2) is 0 Å². The van der Waals surface area contributed by atoms with E-state index in [9.17, 15) is 4.79 Å². The Hall–Kier alpha value is -0.610. The lowest BCUT2D eigenvalue weighted by Gasteiger charge is -2.36. The molecule has 0 bridgehead atoms. The van der Waals surface area contributed by atoms with Crippen molar-refractivity contribution in [2.75, 3.05) is 33.2 Å². The minimum absolute atomic E-state index is 0.337. The third-order valence-electron chi connectivity index (χ3n) is 5.10. The van der Waals surface area contributed by atoms with Crippen molar-refractivity contribution in [3.63, 3.8) is 0 Å². The Kier molecular flexibility index (Phi) is 6.97. The van der Waals surface area contributed by atoms with Crippen molar-refractivity contribution in [2.24, 2.45) is 0 Å². The zero-order chi connectivity index (χ0) is 15.1. The molecule has 1 saturated carbocycles. The number of carbonyl (C=O) groups excluding carboxylic acids is 1. The Morgan fingerprint density at radius 3 is 2.43 bits per heavy atom. The maximum Gasteiger partial charge on any atom is 0.236 e. The second kappa shape index (κ2) is 8.74. The van der Waals surface area contributed by atoms with Crippen molar-refractivity contribution in [2.45, 2.75) is 70.4 Å². The summed E-state index contributed by atoms with van der Waals surface area (Å²) in [7, 11) is 2.13. The van der Waals surface area contributed by atoms with Gasteiger partial charge in [-0.1, -0.05) is 6.92 Å². The van der Waals surface area contributed by atoms with E-state index in [1.807, 2.05) is 0 Å². The molecule has 1 N–H and O–H groups in total. The summed E-state index contributed by atoms with van der Waals surface area (Å²) >= 11 is 0. The van der Waals surface area contributed by atoms with Gasteiger partial charge in [0.15, 0.2) is 0 Å². The minimum Gasteiger partial charge on any atom is -0.342 e.